The van der Waals surface area contributed by atoms with Crippen molar-refractivity contribution in [2.45, 2.75) is 20.3 Å². The third-order valence-electron chi connectivity index (χ3n) is 3.84. The van der Waals surface area contributed by atoms with E-state index in [0.717, 1.165) is 19.5 Å². The van der Waals surface area contributed by atoms with Gasteiger partial charge in [0.05, 0.1) is 11.1 Å². The second-order valence-corrected chi connectivity index (χ2v) is 5.39. The normalized spacial score (nSPS) is 18.9. The fraction of sp³-hybridized carbons (Fsp3) is 0.467. The third-order valence-corrected chi connectivity index (χ3v) is 3.84. The summed E-state index contributed by atoms with van der Waals surface area (Å²) in [4.78, 5) is 25.3. The summed E-state index contributed by atoms with van der Waals surface area (Å²) in [5, 5.41) is 9.13. The monoisotopic (exact) mass is 261 g/mol. The predicted octanol–water partition coefficient (Wildman–Crippen LogP) is 2.50. The van der Waals surface area contributed by atoms with Crippen LogP contribution in [0.5, 0.6) is 0 Å². The maximum Gasteiger partial charge on any atom is 0.336 e. The number of hydrogen-bond acceptors (Lipinski definition) is 2. The van der Waals surface area contributed by atoms with Crippen LogP contribution in [-0.4, -0.2) is 35.0 Å². The van der Waals surface area contributed by atoms with E-state index in [0.29, 0.717) is 17.4 Å². The number of carboxylic acids is 1. The van der Waals surface area contributed by atoms with Gasteiger partial charge in [0.25, 0.3) is 5.91 Å². The molecule has 0 saturated carbocycles. The lowest BCUT2D eigenvalue weighted by molar-refractivity contribution is 0.0680. The molecule has 1 aliphatic rings. The predicted molar refractivity (Wildman–Crippen MR) is 72.2 cm³/mol. The molecule has 1 amide bonds. The SMILES string of the molecule is CC(C)C1CCN(C(=O)c2ccccc2C(=O)O)C1. The van der Waals surface area contributed by atoms with Gasteiger partial charge in [0, 0.05) is 13.1 Å². The summed E-state index contributed by atoms with van der Waals surface area (Å²) in [5.41, 5.74) is 0.375. The van der Waals surface area contributed by atoms with Crippen molar-refractivity contribution in [1.82, 2.24) is 4.90 Å². The molecule has 1 atom stereocenters. The number of carbonyl (C=O) groups is 2. The van der Waals surface area contributed by atoms with Gasteiger partial charge in [0.15, 0.2) is 0 Å². The van der Waals surface area contributed by atoms with Crippen LogP contribution < -0.4 is 0 Å². The third kappa shape index (κ3) is 2.78. The smallest absolute Gasteiger partial charge is 0.336 e. The Morgan fingerprint density at radius 2 is 1.89 bits per heavy atom. The fourth-order valence-electron chi connectivity index (χ4n) is 2.54. The van der Waals surface area contributed by atoms with Gasteiger partial charge >= 0.3 is 5.97 Å². The van der Waals surface area contributed by atoms with Crippen molar-refractivity contribution >= 4 is 11.9 Å². The molecule has 0 aromatic heterocycles. The Balaban J connectivity index is 2.19. The molecule has 102 valence electrons. The standard InChI is InChI=1S/C15H19NO3/c1-10(2)11-7-8-16(9-11)14(17)12-5-3-4-6-13(12)15(18)19/h3-6,10-11H,7-9H2,1-2H3,(H,18,19). The van der Waals surface area contributed by atoms with Crippen molar-refractivity contribution in [2.75, 3.05) is 13.1 Å². The van der Waals surface area contributed by atoms with Crippen molar-refractivity contribution in [3.8, 4) is 0 Å². The second kappa shape index (κ2) is 5.43. The highest BCUT2D eigenvalue weighted by Gasteiger charge is 2.30. The minimum atomic E-state index is -1.05. The molecule has 0 aliphatic carbocycles. The number of rotatable bonds is 3. The first kappa shape index (κ1) is 13.6. The maximum absolute atomic E-state index is 12.4. The molecule has 0 spiro atoms. The Kier molecular flexibility index (Phi) is 3.88. The maximum atomic E-state index is 12.4. The lowest BCUT2D eigenvalue weighted by Gasteiger charge is -2.19. The molecule has 2 rings (SSSR count). The van der Waals surface area contributed by atoms with Gasteiger partial charge in [0.1, 0.15) is 0 Å². The van der Waals surface area contributed by atoms with Crippen LogP contribution in [0.15, 0.2) is 24.3 Å². The number of hydrogen-bond donors (Lipinski definition) is 1. The minimum absolute atomic E-state index is 0.0838. The highest BCUT2D eigenvalue weighted by Crippen LogP contribution is 2.25. The average Bonchev–Trinajstić information content (AvgIpc) is 2.87. The van der Waals surface area contributed by atoms with Gasteiger partial charge in [0.2, 0.25) is 0 Å². The van der Waals surface area contributed by atoms with Crippen molar-refractivity contribution in [2.24, 2.45) is 11.8 Å². The van der Waals surface area contributed by atoms with Crippen LogP contribution in [0.3, 0.4) is 0 Å². The molecule has 1 aromatic carbocycles. The van der Waals surface area contributed by atoms with Crippen LogP contribution in [0.2, 0.25) is 0 Å². The molecule has 4 heteroatoms. The Bertz CT molecular complexity index is 496. The van der Waals surface area contributed by atoms with Crippen molar-refractivity contribution in [1.29, 1.82) is 0 Å². The molecular formula is C15H19NO3. The highest BCUT2D eigenvalue weighted by atomic mass is 16.4. The minimum Gasteiger partial charge on any atom is -0.478 e. The number of likely N-dealkylation sites (tertiary alicyclic amines) is 1. The summed E-state index contributed by atoms with van der Waals surface area (Å²) in [6, 6.07) is 6.41. The van der Waals surface area contributed by atoms with E-state index in [-0.39, 0.29) is 11.5 Å². The van der Waals surface area contributed by atoms with E-state index in [1.54, 1.807) is 23.1 Å². The van der Waals surface area contributed by atoms with E-state index in [9.17, 15) is 9.59 Å². The molecule has 1 N–H and O–H groups in total. The van der Waals surface area contributed by atoms with Crippen LogP contribution in [0, 0.1) is 11.8 Å². The van der Waals surface area contributed by atoms with Crippen molar-refractivity contribution in [3.05, 3.63) is 35.4 Å². The lowest BCUT2D eigenvalue weighted by atomic mass is 9.95. The first-order valence-corrected chi connectivity index (χ1v) is 6.62. The van der Waals surface area contributed by atoms with E-state index in [1.807, 2.05) is 0 Å². The van der Waals surface area contributed by atoms with Gasteiger partial charge in [-0.25, -0.2) is 4.79 Å². The van der Waals surface area contributed by atoms with Gasteiger partial charge in [-0.3, -0.25) is 4.79 Å². The van der Waals surface area contributed by atoms with Crippen LogP contribution in [0.25, 0.3) is 0 Å². The summed E-state index contributed by atoms with van der Waals surface area (Å²) in [6.07, 6.45) is 0.999. The number of aromatic carboxylic acids is 1. The van der Waals surface area contributed by atoms with Gasteiger partial charge in [-0.2, -0.15) is 0 Å². The molecule has 1 unspecified atom stereocenters. The molecule has 4 nitrogen and oxygen atoms in total. The molecule has 1 heterocycles. The lowest BCUT2D eigenvalue weighted by Crippen LogP contribution is -2.30. The summed E-state index contributed by atoms with van der Waals surface area (Å²) in [6.45, 7) is 5.76. The zero-order valence-electron chi connectivity index (χ0n) is 11.3. The summed E-state index contributed by atoms with van der Waals surface area (Å²) < 4.78 is 0. The van der Waals surface area contributed by atoms with Crippen molar-refractivity contribution < 1.29 is 14.7 Å². The first-order chi connectivity index (χ1) is 9.00. The number of carbonyl (C=O) groups excluding carboxylic acids is 1. The molecule has 1 aliphatic heterocycles. The van der Waals surface area contributed by atoms with Gasteiger partial charge in [-0.05, 0) is 30.4 Å². The molecular weight excluding hydrogens is 242 g/mol. The number of carboxylic acid groups (broad SMARTS) is 1. The molecule has 0 radical (unpaired) electrons. The molecule has 19 heavy (non-hydrogen) atoms. The fourth-order valence-corrected chi connectivity index (χ4v) is 2.54. The Labute approximate surface area is 113 Å². The summed E-state index contributed by atoms with van der Waals surface area (Å²) in [5.74, 6) is -0.154. The van der Waals surface area contributed by atoms with E-state index in [1.165, 1.54) is 6.07 Å². The highest BCUT2D eigenvalue weighted by molar-refractivity contribution is 6.04. The quantitative estimate of drug-likeness (QED) is 0.909. The van der Waals surface area contributed by atoms with Gasteiger partial charge in [-0.15, -0.1) is 0 Å². The van der Waals surface area contributed by atoms with Gasteiger partial charge in [-0.1, -0.05) is 26.0 Å². The Hall–Kier alpha value is -1.84. The van der Waals surface area contributed by atoms with Crippen molar-refractivity contribution in [3.63, 3.8) is 0 Å². The van der Waals surface area contributed by atoms with Gasteiger partial charge < -0.3 is 10.0 Å². The second-order valence-electron chi connectivity index (χ2n) is 5.39. The topological polar surface area (TPSA) is 57.6 Å². The molecule has 0 bridgehead atoms. The number of amides is 1. The largest absolute Gasteiger partial charge is 0.478 e. The Morgan fingerprint density at radius 1 is 1.26 bits per heavy atom. The van der Waals surface area contributed by atoms with Crippen LogP contribution >= 0.6 is 0 Å². The Morgan fingerprint density at radius 3 is 2.42 bits per heavy atom. The van der Waals surface area contributed by atoms with E-state index < -0.39 is 5.97 Å². The van der Waals surface area contributed by atoms with E-state index >= 15 is 0 Å². The van der Waals surface area contributed by atoms with Crippen LogP contribution in [0.4, 0.5) is 0 Å². The van der Waals surface area contributed by atoms with Crippen LogP contribution in [0.1, 0.15) is 41.0 Å². The molecule has 1 fully saturated rings. The van der Waals surface area contributed by atoms with E-state index in [2.05, 4.69) is 13.8 Å². The zero-order chi connectivity index (χ0) is 14.0. The van der Waals surface area contributed by atoms with Crippen LogP contribution in [-0.2, 0) is 0 Å². The van der Waals surface area contributed by atoms with E-state index in [4.69, 9.17) is 5.11 Å². The first-order valence-electron chi connectivity index (χ1n) is 6.62. The number of benzene rings is 1. The average molecular weight is 261 g/mol. The summed E-state index contributed by atoms with van der Waals surface area (Å²) in [7, 11) is 0. The molecule has 1 aromatic rings. The number of nitrogens with zero attached hydrogens (tertiary/aromatic N) is 1. The molecule has 1 saturated heterocycles. The zero-order valence-corrected chi connectivity index (χ0v) is 11.3. The summed E-state index contributed by atoms with van der Waals surface area (Å²) >= 11 is 0.